The van der Waals surface area contributed by atoms with Gasteiger partial charge in [0.1, 0.15) is 0 Å². The van der Waals surface area contributed by atoms with Gasteiger partial charge >= 0.3 is 0 Å². The molecule has 1 N–H and O–H groups in total. The van der Waals surface area contributed by atoms with Crippen LogP contribution in [0.3, 0.4) is 0 Å². The van der Waals surface area contributed by atoms with E-state index < -0.39 is 10.0 Å². The van der Waals surface area contributed by atoms with Crippen LogP contribution < -0.4 is 5.32 Å². The standard InChI is InChI=1S/C12H14Br2N2O3S/c1-8-5-9(13)12(10(14)6-8)15-11(17)7-16-3-2-4-20(16,18)19/h5-6H,2-4,7H2,1H3,(H,15,17). The minimum atomic E-state index is -3.25. The van der Waals surface area contributed by atoms with Crippen molar-refractivity contribution < 1.29 is 13.2 Å². The van der Waals surface area contributed by atoms with E-state index in [1.807, 2.05) is 19.1 Å². The Morgan fingerprint density at radius 1 is 1.35 bits per heavy atom. The summed E-state index contributed by atoms with van der Waals surface area (Å²) in [6, 6.07) is 3.76. The van der Waals surface area contributed by atoms with Gasteiger partial charge in [0.2, 0.25) is 15.9 Å². The number of carbonyl (C=O) groups is 1. The van der Waals surface area contributed by atoms with Crippen LogP contribution in [0.2, 0.25) is 0 Å². The van der Waals surface area contributed by atoms with Gasteiger partial charge in [-0.05, 0) is 62.9 Å². The number of halogens is 2. The van der Waals surface area contributed by atoms with Crippen LogP contribution in [0, 0.1) is 6.92 Å². The Hall–Kier alpha value is -0.440. The van der Waals surface area contributed by atoms with Gasteiger partial charge in [-0.25, -0.2) is 8.42 Å². The van der Waals surface area contributed by atoms with Crippen LogP contribution in [-0.4, -0.2) is 37.5 Å². The molecule has 5 nitrogen and oxygen atoms in total. The predicted molar refractivity (Wildman–Crippen MR) is 85.2 cm³/mol. The van der Waals surface area contributed by atoms with Crippen molar-refractivity contribution in [3.8, 4) is 0 Å². The predicted octanol–water partition coefficient (Wildman–Crippen LogP) is 2.49. The lowest BCUT2D eigenvalue weighted by molar-refractivity contribution is -0.116. The average Bonchev–Trinajstić information content (AvgIpc) is 2.63. The molecule has 1 aromatic rings. The number of hydrogen-bond donors (Lipinski definition) is 1. The minimum absolute atomic E-state index is 0.123. The second-order valence-electron chi connectivity index (χ2n) is 4.65. The Balaban J connectivity index is 2.09. The molecule has 0 atom stereocenters. The normalized spacial score (nSPS) is 18.1. The quantitative estimate of drug-likeness (QED) is 0.808. The van der Waals surface area contributed by atoms with Gasteiger partial charge in [0.25, 0.3) is 0 Å². The zero-order chi connectivity index (χ0) is 14.9. The number of aryl methyl sites for hydroxylation is 1. The molecule has 1 aromatic carbocycles. The van der Waals surface area contributed by atoms with Crippen molar-refractivity contribution in [2.24, 2.45) is 0 Å². The number of sulfonamides is 1. The molecule has 1 aliphatic heterocycles. The van der Waals surface area contributed by atoms with Crippen LogP contribution in [0.1, 0.15) is 12.0 Å². The van der Waals surface area contributed by atoms with E-state index in [0.29, 0.717) is 18.7 Å². The molecule has 1 amide bonds. The van der Waals surface area contributed by atoms with Crippen molar-refractivity contribution in [3.05, 3.63) is 26.6 Å². The fourth-order valence-electron chi connectivity index (χ4n) is 2.03. The number of anilines is 1. The second-order valence-corrected chi connectivity index (χ2v) is 8.45. The molecule has 1 fully saturated rings. The summed E-state index contributed by atoms with van der Waals surface area (Å²) in [5.74, 6) is -0.223. The van der Waals surface area contributed by atoms with Gasteiger partial charge in [-0.1, -0.05) is 0 Å². The van der Waals surface area contributed by atoms with Crippen LogP contribution in [0.4, 0.5) is 5.69 Å². The van der Waals surface area contributed by atoms with Crippen LogP contribution in [0.25, 0.3) is 0 Å². The van der Waals surface area contributed by atoms with E-state index in [0.717, 1.165) is 14.5 Å². The topological polar surface area (TPSA) is 66.5 Å². The van der Waals surface area contributed by atoms with Gasteiger partial charge in [-0.2, -0.15) is 4.31 Å². The highest BCUT2D eigenvalue weighted by Gasteiger charge is 2.30. The smallest absolute Gasteiger partial charge is 0.239 e. The first kappa shape index (κ1) is 15.9. The maximum Gasteiger partial charge on any atom is 0.239 e. The molecule has 2 rings (SSSR count). The van der Waals surface area contributed by atoms with E-state index in [1.165, 1.54) is 4.31 Å². The van der Waals surface area contributed by atoms with Gasteiger partial charge in [-0.15, -0.1) is 0 Å². The first-order valence-electron chi connectivity index (χ1n) is 6.03. The van der Waals surface area contributed by atoms with Crippen LogP contribution in [0.5, 0.6) is 0 Å². The zero-order valence-corrected chi connectivity index (χ0v) is 14.8. The summed E-state index contributed by atoms with van der Waals surface area (Å²) in [6.07, 6.45) is 0.577. The number of nitrogens with zero attached hydrogens (tertiary/aromatic N) is 1. The molecule has 0 bridgehead atoms. The van der Waals surface area contributed by atoms with E-state index >= 15 is 0 Å². The highest BCUT2D eigenvalue weighted by molar-refractivity contribution is 9.11. The minimum Gasteiger partial charge on any atom is -0.323 e. The lowest BCUT2D eigenvalue weighted by Crippen LogP contribution is -2.34. The monoisotopic (exact) mass is 424 g/mol. The first-order valence-corrected chi connectivity index (χ1v) is 9.22. The maximum absolute atomic E-state index is 12.0. The molecule has 110 valence electrons. The molecule has 0 saturated carbocycles. The molecule has 0 radical (unpaired) electrons. The molecular formula is C12H14Br2N2O3S. The Bertz CT molecular complexity index is 623. The summed E-state index contributed by atoms with van der Waals surface area (Å²) < 4.78 is 26.0. The third-order valence-corrected chi connectivity index (χ3v) is 6.13. The first-order chi connectivity index (χ1) is 9.29. The molecule has 1 aliphatic rings. The van der Waals surface area contributed by atoms with E-state index in [1.54, 1.807) is 0 Å². The van der Waals surface area contributed by atoms with E-state index in [4.69, 9.17) is 0 Å². The Morgan fingerprint density at radius 3 is 2.45 bits per heavy atom. The lowest BCUT2D eigenvalue weighted by Gasteiger charge is -2.15. The lowest BCUT2D eigenvalue weighted by atomic mass is 10.2. The van der Waals surface area contributed by atoms with Crippen LogP contribution in [0.15, 0.2) is 21.1 Å². The number of rotatable bonds is 3. The van der Waals surface area contributed by atoms with Crippen LogP contribution in [-0.2, 0) is 14.8 Å². The van der Waals surface area contributed by atoms with Crippen molar-refractivity contribution in [1.29, 1.82) is 0 Å². The average molecular weight is 426 g/mol. The highest BCUT2D eigenvalue weighted by atomic mass is 79.9. The summed E-state index contributed by atoms with van der Waals surface area (Å²) in [5.41, 5.74) is 1.65. The molecule has 0 unspecified atom stereocenters. The summed E-state index contributed by atoms with van der Waals surface area (Å²) in [7, 11) is -3.25. The van der Waals surface area contributed by atoms with Crippen molar-refractivity contribution in [2.45, 2.75) is 13.3 Å². The van der Waals surface area contributed by atoms with Gasteiger partial charge in [0.15, 0.2) is 0 Å². The molecule has 20 heavy (non-hydrogen) atoms. The van der Waals surface area contributed by atoms with Gasteiger partial charge < -0.3 is 5.32 Å². The number of hydrogen-bond acceptors (Lipinski definition) is 3. The maximum atomic E-state index is 12.0. The van der Waals surface area contributed by atoms with Crippen molar-refractivity contribution in [2.75, 3.05) is 24.2 Å². The summed E-state index contributed by atoms with van der Waals surface area (Å²) in [6.45, 7) is 2.21. The second kappa shape index (κ2) is 6.13. The van der Waals surface area contributed by atoms with Crippen molar-refractivity contribution in [1.82, 2.24) is 4.31 Å². The van der Waals surface area contributed by atoms with Crippen molar-refractivity contribution in [3.63, 3.8) is 0 Å². The third kappa shape index (κ3) is 3.60. The summed E-state index contributed by atoms with van der Waals surface area (Å²) in [5, 5.41) is 2.73. The zero-order valence-electron chi connectivity index (χ0n) is 10.8. The van der Waals surface area contributed by atoms with E-state index in [-0.39, 0.29) is 18.2 Å². The molecule has 0 spiro atoms. The fraction of sp³-hybridized carbons (Fsp3) is 0.417. The van der Waals surface area contributed by atoms with E-state index in [2.05, 4.69) is 37.2 Å². The number of nitrogens with one attached hydrogen (secondary N) is 1. The molecule has 1 saturated heterocycles. The largest absolute Gasteiger partial charge is 0.323 e. The Morgan fingerprint density at radius 2 is 1.95 bits per heavy atom. The van der Waals surface area contributed by atoms with E-state index in [9.17, 15) is 13.2 Å². The summed E-state index contributed by atoms with van der Waals surface area (Å²) in [4.78, 5) is 12.0. The number of amides is 1. The van der Waals surface area contributed by atoms with Crippen LogP contribution >= 0.6 is 31.9 Å². The molecule has 0 aliphatic carbocycles. The number of carbonyl (C=O) groups excluding carboxylic acids is 1. The third-order valence-electron chi connectivity index (χ3n) is 2.97. The molecular weight excluding hydrogens is 412 g/mol. The Labute approximate surface area is 135 Å². The van der Waals surface area contributed by atoms with Gasteiger partial charge in [0, 0.05) is 15.5 Å². The van der Waals surface area contributed by atoms with Gasteiger partial charge in [0.05, 0.1) is 18.0 Å². The molecule has 0 aromatic heterocycles. The molecule has 8 heteroatoms. The molecule has 1 heterocycles. The fourth-order valence-corrected chi connectivity index (χ4v) is 5.11. The summed E-state index contributed by atoms with van der Waals surface area (Å²) >= 11 is 6.77. The van der Waals surface area contributed by atoms with Crippen molar-refractivity contribution >= 4 is 53.5 Å². The Kier molecular flexibility index (Phi) is 4.88. The SMILES string of the molecule is Cc1cc(Br)c(NC(=O)CN2CCCS2(=O)=O)c(Br)c1. The number of benzene rings is 1. The highest BCUT2D eigenvalue weighted by Crippen LogP contribution is 2.32. The van der Waals surface area contributed by atoms with Gasteiger partial charge in [-0.3, -0.25) is 4.79 Å².